The molecule has 0 saturated carbocycles. The standard InChI is InChI=1S/C12H13F6NO4S2/c1-20-25(21-2)22-10(8-9-6-4-3-5-7-9)19-24(23-25,11(13,14)15)12(16,17)18/h3-7H,8H2,1-2H3. The summed E-state index contributed by atoms with van der Waals surface area (Å²) in [4.78, 5) is 0. The van der Waals surface area contributed by atoms with E-state index in [0.29, 0.717) is 5.56 Å². The minimum absolute atomic E-state index is 0.390. The van der Waals surface area contributed by atoms with Crippen LogP contribution in [0.2, 0.25) is 0 Å². The van der Waals surface area contributed by atoms with E-state index >= 15 is 0 Å². The van der Waals surface area contributed by atoms with Crippen molar-refractivity contribution in [1.82, 2.24) is 0 Å². The van der Waals surface area contributed by atoms with E-state index < -0.39 is 45.0 Å². The number of benzene rings is 1. The Morgan fingerprint density at radius 3 is 1.92 bits per heavy atom. The number of halogens is 6. The first-order chi connectivity index (χ1) is 11.5. The molecular weight excluding hydrogens is 400 g/mol. The second-order valence-corrected chi connectivity index (χ2v) is 8.81. The Bertz CT molecular complexity index is 619. The maximum atomic E-state index is 13.4. The van der Waals surface area contributed by atoms with Crippen LogP contribution < -0.4 is 0 Å². The molecule has 0 unspecified atom stereocenters. The molecule has 2 rings (SSSR count). The Labute approximate surface area is 142 Å². The van der Waals surface area contributed by atoms with Gasteiger partial charge in [-0.05, 0) is 5.56 Å². The summed E-state index contributed by atoms with van der Waals surface area (Å²) in [5.41, 5.74) is -11.3. The first-order valence-corrected chi connectivity index (χ1v) is 9.27. The molecular formula is C12H13F6NO4S2. The summed E-state index contributed by atoms with van der Waals surface area (Å²) in [5, 5.41) is 0. The van der Waals surface area contributed by atoms with Crippen LogP contribution in [-0.4, -0.2) is 31.1 Å². The third-order valence-corrected chi connectivity index (χ3v) is 7.23. The Kier molecular flexibility index (Phi) is 5.54. The van der Waals surface area contributed by atoms with E-state index in [-0.39, 0.29) is 0 Å². The molecule has 13 heteroatoms. The third kappa shape index (κ3) is 3.84. The first kappa shape index (κ1) is 20.2. The zero-order valence-corrected chi connectivity index (χ0v) is 14.4. The topological polar surface area (TPSA) is 49.3 Å². The molecule has 0 fully saturated rings. The smallest absolute Gasteiger partial charge is 0.365 e. The fourth-order valence-corrected chi connectivity index (χ4v) is 5.53. The zero-order chi connectivity index (χ0) is 18.9. The van der Waals surface area contributed by atoms with E-state index in [1.54, 1.807) is 18.2 Å². The highest BCUT2D eigenvalue weighted by Crippen LogP contribution is 2.81. The van der Waals surface area contributed by atoms with Gasteiger partial charge < -0.3 is 4.18 Å². The van der Waals surface area contributed by atoms with Gasteiger partial charge in [0.2, 0.25) is 5.90 Å². The number of nitrogens with zero attached hydrogens (tertiary/aromatic N) is 1. The summed E-state index contributed by atoms with van der Waals surface area (Å²) in [6, 6.07) is 7.76. The molecule has 0 bridgehead atoms. The summed E-state index contributed by atoms with van der Waals surface area (Å²) in [6.07, 6.45) is -0.424. The van der Waals surface area contributed by atoms with Crippen LogP contribution in [0.5, 0.6) is 0 Å². The van der Waals surface area contributed by atoms with Crippen LogP contribution >= 0.6 is 21.6 Å². The molecule has 0 amide bonds. The molecule has 5 nitrogen and oxygen atoms in total. The zero-order valence-electron chi connectivity index (χ0n) is 12.8. The van der Waals surface area contributed by atoms with Gasteiger partial charge in [-0.1, -0.05) is 30.3 Å². The van der Waals surface area contributed by atoms with Crippen molar-refractivity contribution in [3.05, 3.63) is 35.9 Å². The molecule has 0 saturated heterocycles. The van der Waals surface area contributed by atoms with E-state index in [1.165, 1.54) is 12.1 Å². The van der Waals surface area contributed by atoms with E-state index in [1.807, 2.05) is 0 Å². The molecule has 0 N–H and O–H groups in total. The quantitative estimate of drug-likeness (QED) is 0.644. The second kappa shape index (κ2) is 6.87. The lowest BCUT2D eigenvalue weighted by atomic mass is 10.2. The van der Waals surface area contributed by atoms with Crippen molar-refractivity contribution in [3.63, 3.8) is 0 Å². The Morgan fingerprint density at radius 1 is 0.960 bits per heavy atom. The Morgan fingerprint density at radius 2 is 1.48 bits per heavy atom. The maximum Gasteiger partial charge on any atom is 0.475 e. The van der Waals surface area contributed by atoms with Gasteiger partial charge in [-0.25, -0.2) is 0 Å². The maximum absolute atomic E-state index is 13.4. The summed E-state index contributed by atoms with van der Waals surface area (Å²) in [6.45, 7) is 0. The van der Waals surface area contributed by atoms with Crippen molar-refractivity contribution < 1.29 is 42.5 Å². The van der Waals surface area contributed by atoms with E-state index in [4.69, 9.17) is 4.18 Å². The Hall–Kier alpha value is -1.15. The molecule has 0 spiro atoms. The molecule has 1 aliphatic rings. The van der Waals surface area contributed by atoms with E-state index in [9.17, 15) is 26.3 Å². The third-order valence-electron chi connectivity index (χ3n) is 2.84. The van der Waals surface area contributed by atoms with Gasteiger partial charge in [0.05, 0.1) is 20.6 Å². The Balaban J connectivity index is 2.58. The lowest BCUT2D eigenvalue weighted by Gasteiger charge is -2.46. The number of rotatable bonds is 4. The van der Waals surface area contributed by atoms with Gasteiger partial charge in [0.15, 0.2) is 10.5 Å². The van der Waals surface area contributed by atoms with Gasteiger partial charge >= 0.3 is 11.0 Å². The number of alkyl halides is 6. The number of hydrogen-bond donors (Lipinski definition) is 0. The molecule has 0 aliphatic carbocycles. The van der Waals surface area contributed by atoms with Crippen LogP contribution in [0.1, 0.15) is 5.56 Å². The minimum atomic E-state index is -5.98. The van der Waals surface area contributed by atoms with Gasteiger partial charge in [0.25, 0.3) is 11.2 Å². The fourth-order valence-electron chi connectivity index (χ4n) is 1.76. The molecule has 1 aromatic rings. The van der Waals surface area contributed by atoms with Crippen molar-refractivity contribution >= 4 is 27.5 Å². The van der Waals surface area contributed by atoms with Crippen LogP contribution in [-0.2, 0) is 22.6 Å². The molecule has 1 aliphatic heterocycles. The lowest BCUT2D eigenvalue weighted by Crippen LogP contribution is -2.39. The van der Waals surface area contributed by atoms with Crippen LogP contribution in [0.4, 0.5) is 26.3 Å². The molecule has 0 aromatic heterocycles. The molecule has 0 atom stereocenters. The van der Waals surface area contributed by atoms with Crippen molar-refractivity contribution in [2.75, 3.05) is 14.2 Å². The highest BCUT2D eigenvalue weighted by molar-refractivity contribution is 8.38. The van der Waals surface area contributed by atoms with Gasteiger partial charge in [-0.3, -0.25) is 8.37 Å². The lowest BCUT2D eigenvalue weighted by molar-refractivity contribution is -0.0905. The van der Waals surface area contributed by atoms with Crippen LogP contribution in [0.25, 0.3) is 0 Å². The average molecular weight is 413 g/mol. The van der Waals surface area contributed by atoms with Crippen LogP contribution in [0, 0.1) is 0 Å². The molecule has 1 heterocycles. The van der Waals surface area contributed by atoms with E-state index in [0.717, 1.165) is 14.2 Å². The first-order valence-electron chi connectivity index (χ1n) is 6.42. The summed E-state index contributed by atoms with van der Waals surface area (Å²) >= 11 is -4.05. The van der Waals surface area contributed by atoms with Crippen molar-refractivity contribution in [1.29, 1.82) is 0 Å². The SMILES string of the molecule is COS1(OC)OC(Cc2ccccc2)=NS(C(F)(F)F)(C(F)(F)F)O1. The van der Waals surface area contributed by atoms with E-state index in [2.05, 4.69) is 16.4 Å². The molecule has 1 aromatic carbocycles. The van der Waals surface area contributed by atoms with Crippen molar-refractivity contribution in [2.45, 2.75) is 17.4 Å². The highest BCUT2D eigenvalue weighted by atomic mass is 32.4. The van der Waals surface area contributed by atoms with Gasteiger partial charge in [-0.2, -0.15) is 34.4 Å². The molecule has 0 radical (unpaired) electrons. The van der Waals surface area contributed by atoms with Gasteiger partial charge in [0, 0.05) is 0 Å². The molecule has 25 heavy (non-hydrogen) atoms. The highest BCUT2D eigenvalue weighted by Gasteiger charge is 2.74. The minimum Gasteiger partial charge on any atom is -0.365 e. The fraction of sp³-hybridized carbons (Fsp3) is 0.417. The monoisotopic (exact) mass is 413 g/mol. The van der Waals surface area contributed by atoms with Gasteiger partial charge in [-0.15, -0.1) is 0 Å². The summed E-state index contributed by atoms with van der Waals surface area (Å²) in [7, 11) is -4.34. The van der Waals surface area contributed by atoms with Crippen molar-refractivity contribution in [2.24, 2.45) is 4.40 Å². The normalized spacial score (nSPS) is 22.5. The predicted molar refractivity (Wildman–Crippen MR) is 81.1 cm³/mol. The van der Waals surface area contributed by atoms with Crippen LogP contribution in [0.15, 0.2) is 34.7 Å². The number of hydrogen-bond acceptors (Lipinski definition) is 5. The van der Waals surface area contributed by atoms with Gasteiger partial charge in [0.1, 0.15) is 0 Å². The molecule has 144 valence electrons. The average Bonchev–Trinajstić information content (AvgIpc) is 2.53. The van der Waals surface area contributed by atoms with Crippen LogP contribution in [0.3, 0.4) is 0 Å². The second-order valence-electron chi connectivity index (χ2n) is 4.46. The van der Waals surface area contributed by atoms with Crippen molar-refractivity contribution in [3.8, 4) is 0 Å². The summed E-state index contributed by atoms with van der Waals surface area (Å²) < 4.78 is 101. The predicted octanol–water partition coefficient (Wildman–Crippen LogP) is 5.11. The summed E-state index contributed by atoms with van der Waals surface area (Å²) in [5.74, 6) is -0.833. The largest absolute Gasteiger partial charge is 0.475 e.